The van der Waals surface area contributed by atoms with Crippen LogP contribution in [0.5, 0.6) is 0 Å². The lowest BCUT2D eigenvalue weighted by Gasteiger charge is -2.24. The Kier molecular flexibility index (Phi) is 5.43. The van der Waals surface area contributed by atoms with Crippen LogP contribution in [0, 0.1) is 0 Å². The predicted octanol–water partition coefficient (Wildman–Crippen LogP) is 2.23. The summed E-state index contributed by atoms with van der Waals surface area (Å²) in [4.78, 5) is 49.4. The molecule has 1 saturated carbocycles. The van der Waals surface area contributed by atoms with Gasteiger partial charge >= 0.3 is 6.03 Å². The molecule has 0 unspecified atom stereocenters. The Morgan fingerprint density at radius 2 is 1.56 bits per heavy atom. The highest BCUT2D eigenvalue weighted by Gasteiger charge is 2.51. The average Bonchev–Trinajstić information content (AvgIpc) is 2.79. The lowest BCUT2D eigenvalue weighted by molar-refractivity contribution is -0.134. The second-order valence-corrected chi connectivity index (χ2v) is 7.12. The molecule has 0 aromatic heterocycles. The number of urea groups is 1. The van der Waals surface area contributed by atoms with Crippen LogP contribution in [-0.4, -0.2) is 40.7 Å². The molecule has 1 saturated heterocycles. The molecule has 8 heteroatoms. The second-order valence-electron chi connectivity index (χ2n) is 7.12. The first-order valence-corrected chi connectivity index (χ1v) is 9.21. The Hall–Kier alpha value is -2.90. The number of benzene rings is 1. The minimum atomic E-state index is -0.839. The summed E-state index contributed by atoms with van der Waals surface area (Å²) in [7, 11) is 0. The molecule has 1 aliphatic carbocycles. The van der Waals surface area contributed by atoms with Crippen LogP contribution in [0.1, 0.15) is 45.4 Å². The average molecular weight is 372 g/mol. The maximum absolute atomic E-state index is 12.8. The highest BCUT2D eigenvalue weighted by atomic mass is 16.2. The number of carbonyl (C=O) groups is 4. The second kappa shape index (κ2) is 7.77. The van der Waals surface area contributed by atoms with E-state index in [-0.39, 0.29) is 18.4 Å². The first-order chi connectivity index (χ1) is 12.9. The molecule has 2 aliphatic rings. The third kappa shape index (κ3) is 4.27. The van der Waals surface area contributed by atoms with Gasteiger partial charge in [-0.2, -0.15) is 0 Å². The van der Waals surface area contributed by atoms with Crippen molar-refractivity contribution < 1.29 is 19.2 Å². The van der Waals surface area contributed by atoms with Crippen LogP contribution >= 0.6 is 0 Å². The van der Waals surface area contributed by atoms with Gasteiger partial charge in [0.2, 0.25) is 11.8 Å². The van der Waals surface area contributed by atoms with E-state index in [1.165, 1.54) is 6.92 Å². The van der Waals surface area contributed by atoms with E-state index in [0.717, 1.165) is 30.6 Å². The van der Waals surface area contributed by atoms with Crippen molar-refractivity contribution in [2.45, 2.75) is 51.0 Å². The van der Waals surface area contributed by atoms with Crippen molar-refractivity contribution in [2.75, 3.05) is 17.2 Å². The van der Waals surface area contributed by atoms with Crippen LogP contribution in [0.3, 0.4) is 0 Å². The maximum atomic E-state index is 12.8. The van der Waals surface area contributed by atoms with Gasteiger partial charge in [-0.25, -0.2) is 4.79 Å². The summed E-state index contributed by atoms with van der Waals surface area (Å²) in [5.74, 6) is -0.931. The van der Waals surface area contributed by atoms with E-state index in [9.17, 15) is 19.2 Å². The van der Waals surface area contributed by atoms with E-state index in [1.807, 2.05) is 0 Å². The van der Waals surface area contributed by atoms with Gasteiger partial charge < -0.3 is 16.0 Å². The van der Waals surface area contributed by atoms with Crippen molar-refractivity contribution in [3.8, 4) is 0 Å². The van der Waals surface area contributed by atoms with Crippen molar-refractivity contribution in [3.63, 3.8) is 0 Å². The van der Waals surface area contributed by atoms with E-state index in [2.05, 4.69) is 16.0 Å². The Labute approximate surface area is 157 Å². The molecular formula is C19H24N4O4. The summed E-state index contributed by atoms with van der Waals surface area (Å²) in [5.41, 5.74) is 0.295. The Balaban J connectivity index is 1.61. The molecule has 0 radical (unpaired) electrons. The third-order valence-electron chi connectivity index (χ3n) is 4.99. The number of nitrogens with zero attached hydrogens (tertiary/aromatic N) is 1. The SMILES string of the molecule is CC(=O)Nc1ccc(NC(=O)CN2C(=O)NC3(CCCCCC3)C2=O)cc1. The zero-order valence-electron chi connectivity index (χ0n) is 15.3. The van der Waals surface area contributed by atoms with Crippen molar-refractivity contribution in [3.05, 3.63) is 24.3 Å². The summed E-state index contributed by atoms with van der Waals surface area (Å²) < 4.78 is 0. The molecule has 27 heavy (non-hydrogen) atoms. The summed E-state index contributed by atoms with van der Waals surface area (Å²) in [6, 6.07) is 6.10. The summed E-state index contributed by atoms with van der Waals surface area (Å²) in [5, 5.41) is 8.13. The monoisotopic (exact) mass is 372 g/mol. The van der Waals surface area contributed by atoms with Gasteiger partial charge in [-0.1, -0.05) is 25.7 Å². The van der Waals surface area contributed by atoms with Crippen LogP contribution < -0.4 is 16.0 Å². The van der Waals surface area contributed by atoms with Gasteiger partial charge in [0.05, 0.1) is 0 Å². The number of anilines is 2. The first-order valence-electron chi connectivity index (χ1n) is 9.21. The number of hydrogen-bond donors (Lipinski definition) is 3. The molecule has 1 aliphatic heterocycles. The van der Waals surface area contributed by atoms with Gasteiger partial charge in [0.25, 0.3) is 5.91 Å². The molecule has 1 aromatic rings. The van der Waals surface area contributed by atoms with Gasteiger partial charge in [-0.3, -0.25) is 19.3 Å². The highest BCUT2D eigenvalue weighted by molar-refractivity contribution is 6.10. The van der Waals surface area contributed by atoms with Crippen molar-refractivity contribution >= 4 is 35.1 Å². The van der Waals surface area contributed by atoms with Crippen LogP contribution in [0.15, 0.2) is 24.3 Å². The highest BCUT2D eigenvalue weighted by Crippen LogP contribution is 2.32. The molecule has 0 bridgehead atoms. The Morgan fingerprint density at radius 3 is 2.11 bits per heavy atom. The quantitative estimate of drug-likeness (QED) is 0.704. The van der Waals surface area contributed by atoms with E-state index in [0.29, 0.717) is 24.2 Å². The predicted molar refractivity (Wildman–Crippen MR) is 100 cm³/mol. The molecule has 3 rings (SSSR count). The van der Waals surface area contributed by atoms with E-state index >= 15 is 0 Å². The lowest BCUT2D eigenvalue weighted by atomic mass is 9.90. The minimum Gasteiger partial charge on any atom is -0.326 e. The van der Waals surface area contributed by atoms with E-state index in [1.54, 1.807) is 24.3 Å². The molecule has 5 amide bonds. The number of amides is 5. The van der Waals surface area contributed by atoms with Crippen LogP contribution in [0.4, 0.5) is 16.2 Å². The van der Waals surface area contributed by atoms with Crippen molar-refractivity contribution in [1.82, 2.24) is 10.2 Å². The fraction of sp³-hybridized carbons (Fsp3) is 0.474. The summed E-state index contributed by atoms with van der Waals surface area (Å²) >= 11 is 0. The number of rotatable bonds is 4. The molecule has 1 heterocycles. The number of hydrogen-bond acceptors (Lipinski definition) is 4. The minimum absolute atomic E-state index is 0.183. The first kappa shape index (κ1) is 18.9. The van der Waals surface area contributed by atoms with E-state index in [4.69, 9.17) is 0 Å². The number of carbonyl (C=O) groups excluding carboxylic acids is 4. The molecule has 2 fully saturated rings. The smallest absolute Gasteiger partial charge is 0.325 e. The van der Waals surface area contributed by atoms with Crippen LogP contribution in [-0.2, 0) is 14.4 Å². The fourth-order valence-corrected chi connectivity index (χ4v) is 3.68. The normalized spacial score (nSPS) is 18.8. The van der Waals surface area contributed by atoms with Crippen LogP contribution in [0.2, 0.25) is 0 Å². The van der Waals surface area contributed by atoms with E-state index < -0.39 is 17.5 Å². The topological polar surface area (TPSA) is 108 Å². The Morgan fingerprint density at radius 1 is 1.00 bits per heavy atom. The Bertz CT molecular complexity index is 751. The maximum Gasteiger partial charge on any atom is 0.325 e. The number of nitrogens with one attached hydrogen (secondary N) is 3. The summed E-state index contributed by atoms with van der Waals surface area (Å²) in [6.45, 7) is 1.09. The van der Waals surface area contributed by atoms with Crippen molar-refractivity contribution in [1.29, 1.82) is 0 Å². The van der Waals surface area contributed by atoms with Crippen LogP contribution in [0.25, 0.3) is 0 Å². The molecule has 1 spiro atoms. The number of imide groups is 1. The van der Waals surface area contributed by atoms with Gasteiger partial charge in [0.1, 0.15) is 12.1 Å². The van der Waals surface area contributed by atoms with Gasteiger partial charge in [-0.15, -0.1) is 0 Å². The molecule has 8 nitrogen and oxygen atoms in total. The third-order valence-corrected chi connectivity index (χ3v) is 4.99. The largest absolute Gasteiger partial charge is 0.326 e. The van der Waals surface area contributed by atoms with Gasteiger partial charge in [-0.05, 0) is 37.1 Å². The zero-order chi connectivity index (χ0) is 19.4. The standard InChI is InChI=1S/C19H24N4O4/c1-13(24)20-14-6-8-15(9-7-14)21-16(25)12-23-17(26)19(22-18(23)27)10-4-2-3-5-11-19/h6-9H,2-5,10-12H2,1H3,(H,20,24)(H,21,25)(H,22,27). The molecule has 0 atom stereocenters. The molecular weight excluding hydrogens is 348 g/mol. The molecule has 3 N–H and O–H groups in total. The lowest BCUT2D eigenvalue weighted by Crippen LogP contribution is -2.47. The molecule has 144 valence electrons. The summed E-state index contributed by atoms with van der Waals surface area (Å²) in [6.07, 6.45) is 5.15. The fourth-order valence-electron chi connectivity index (χ4n) is 3.68. The zero-order valence-corrected chi connectivity index (χ0v) is 15.3. The van der Waals surface area contributed by atoms with Gasteiger partial charge in [0, 0.05) is 18.3 Å². The van der Waals surface area contributed by atoms with Gasteiger partial charge in [0.15, 0.2) is 0 Å². The van der Waals surface area contributed by atoms with Crippen molar-refractivity contribution in [2.24, 2.45) is 0 Å². The molecule has 1 aromatic carbocycles.